The number of hydrogen-bond donors (Lipinski definition) is 0. The van der Waals surface area contributed by atoms with Crippen molar-refractivity contribution in [1.82, 2.24) is 0 Å². The highest BCUT2D eigenvalue weighted by atomic mass is 32.2. The second-order valence-corrected chi connectivity index (χ2v) is 4.91. The van der Waals surface area contributed by atoms with Crippen molar-refractivity contribution in [2.75, 3.05) is 24.0 Å². The summed E-state index contributed by atoms with van der Waals surface area (Å²) in [6.45, 7) is 4.24. The molecule has 0 spiro atoms. The molecule has 0 fully saturated rings. The highest BCUT2D eigenvalue weighted by molar-refractivity contribution is 7.98. The van der Waals surface area contributed by atoms with Crippen LogP contribution in [0.1, 0.15) is 18.1 Å². The molecule has 1 aromatic rings. The summed E-state index contributed by atoms with van der Waals surface area (Å²) in [5.41, 5.74) is 2.98. The minimum absolute atomic E-state index is 0.434. The number of nitriles is 1. The Morgan fingerprint density at radius 3 is 2.75 bits per heavy atom. The van der Waals surface area contributed by atoms with Crippen molar-refractivity contribution < 1.29 is 0 Å². The number of anilines is 1. The summed E-state index contributed by atoms with van der Waals surface area (Å²) in [5, 5.41) is 9.12. The van der Waals surface area contributed by atoms with Gasteiger partial charge in [-0.1, -0.05) is 12.1 Å². The van der Waals surface area contributed by atoms with Gasteiger partial charge in [0.15, 0.2) is 0 Å². The number of nitrogens with zero attached hydrogens (tertiary/aromatic N) is 2. The molecule has 0 aromatic heterocycles. The first-order valence-corrected chi connectivity index (χ1v) is 6.72. The van der Waals surface area contributed by atoms with Crippen molar-refractivity contribution in [3.63, 3.8) is 0 Å². The molecule has 1 aromatic carbocycles. The van der Waals surface area contributed by atoms with E-state index in [9.17, 15) is 0 Å². The molecule has 0 aliphatic rings. The Hall–Kier alpha value is -1.14. The monoisotopic (exact) mass is 234 g/mol. The minimum atomic E-state index is 0.434. The van der Waals surface area contributed by atoms with E-state index >= 15 is 0 Å². The van der Waals surface area contributed by atoms with Crippen LogP contribution < -0.4 is 4.90 Å². The van der Waals surface area contributed by atoms with Gasteiger partial charge in [0.25, 0.3) is 0 Å². The van der Waals surface area contributed by atoms with Crippen molar-refractivity contribution in [1.29, 1.82) is 5.26 Å². The van der Waals surface area contributed by atoms with Crippen LogP contribution in [-0.2, 0) is 0 Å². The molecule has 0 aliphatic heterocycles. The normalized spacial score (nSPS) is 11.9. The zero-order chi connectivity index (χ0) is 12.1. The molecule has 0 aliphatic carbocycles. The predicted molar refractivity (Wildman–Crippen MR) is 72.1 cm³/mol. The molecule has 1 atom stereocenters. The smallest absolute Gasteiger partial charge is 0.101 e. The molecule has 2 nitrogen and oxygen atoms in total. The van der Waals surface area contributed by atoms with Gasteiger partial charge in [-0.3, -0.25) is 0 Å². The van der Waals surface area contributed by atoms with E-state index in [2.05, 4.69) is 44.2 Å². The molecule has 0 amide bonds. The fraction of sp³-hybridized carbons (Fsp3) is 0.462. The molecular formula is C13H18N2S. The van der Waals surface area contributed by atoms with Crippen LogP contribution in [0.25, 0.3) is 0 Å². The van der Waals surface area contributed by atoms with Crippen LogP contribution in [-0.4, -0.2) is 25.1 Å². The lowest BCUT2D eigenvalue weighted by molar-refractivity contribution is 0.762. The van der Waals surface area contributed by atoms with Gasteiger partial charge in [0.05, 0.1) is 11.3 Å². The number of aryl methyl sites for hydroxylation is 1. The largest absolute Gasteiger partial charge is 0.370 e. The van der Waals surface area contributed by atoms with Crippen molar-refractivity contribution in [2.45, 2.75) is 19.9 Å². The van der Waals surface area contributed by atoms with Crippen molar-refractivity contribution in [2.24, 2.45) is 0 Å². The molecule has 0 bridgehead atoms. The summed E-state index contributed by atoms with van der Waals surface area (Å²) in [5.74, 6) is 1.07. The lowest BCUT2D eigenvalue weighted by atomic mass is 10.1. The molecule has 0 radical (unpaired) electrons. The maximum atomic E-state index is 9.12. The van der Waals surface area contributed by atoms with Crippen molar-refractivity contribution in [3.8, 4) is 6.07 Å². The second-order valence-electron chi connectivity index (χ2n) is 4.00. The van der Waals surface area contributed by atoms with E-state index in [0.717, 1.165) is 22.6 Å². The van der Waals surface area contributed by atoms with Gasteiger partial charge in [0.2, 0.25) is 0 Å². The number of hydrogen-bond acceptors (Lipinski definition) is 3. The van der Waals surface area contributed by atoms with E-state index in [1.165, 1.54) is 0 Å². The van der Waals surface area contributed by atoms with Crippen LogP contribution in [0.3, 0.4) is 0 Å². The van der Waals surface area contributed by atoms with Gasteiger partial charge >= 0.3 is 0 Å². The van der Waals surface area contributed by atoms with Crippen LogP contribution >= 0.6 is 11.8 Å². The lowest BCUT2D eigenvalue weighted by Crippen LogP contribution is -2.32. The Labute approximate surface area is 102 Å². The third kappa shape index (κ3) is 2.70. The number of benzene rings is 1. The summed E-state index contributed by atoms with van der Waals surface area (Å²) in [6, 6.07) is 8.57. The quantitative estimate of drug-likeness (QED) is 0.801. The fourth-order valence-corrected chi connectivity index (χ4v) is 2.50. The van der Waals surface area contributed by atoms with Gasteiger partial charge in [-0.15, -0.1) is 0 Å². The molecule has 0 heterocycles. The Kier molecular flexibility index (Phi) is 4.70. The van der Waals surface area contributed by atoms with Gasteiger partial charge in [-0.25, -0.2) is 0 Å². The zero-order valence-corrected chi connectivity index (χ0v) is 11.1. The third-order valence-electron chi connectivity index (χ3n) is 2.78. The molecule has 16 heavy (non-hydrogen) atoms. The van der Waals surface area contributed by atoms with Gasteiger partial charge in [0, 0.05) is 18.8 Å². The highest BCUT2D eigenvalue weighted by Gasteiger charge is 2.15. The van der Waals surface area contributed by atoms with E-state index in [0.29, 0.717) is 6.04 Å². The first-order valence-electron chi connectivity index (χ1n) is 5.33. The van der Waals surface area contributed by atoms with Crippen LogP contribution in [0.5, 0.6) is 0 Å². The van der Waals surface area contributed by atoms with E-state index < -0.39 is 0 Å². The topological polar surface area (TPSA) is 27.0 Å². The van der Waals surface area contributed by atoms with Gasteiger partial charge in [-0.2, -0.15) is 17.0 Å². The average Bonchev–Trinajstić information content (AvgIpc) is 2.28. The Bertz CT molecular complexity index is 395. The first kappa shape index (κ1) is 12.9. The number of para-hydroxylation sites is 1. The molecule has 0 N–H and O–H groups in total. The molecular weight excluding hydrogens is 216 g/mol. The fourth-order valence-electron chi connectivity index (χ4n) is 1.79. The maximum absolute atomic E-state index is 9.12. The highest BCUT2D eigenvalue weighted by Crippen LogP contribution is 2.25. The third-order valence-corrected chi connectivity index (χ3v) is 3.60. The molecule has 86 valence electrons. The van der Waals surface area contributed by atoms with Crippen LogP contribution in [0.15, 0.2) is 18.2 Å². The maximum Gasteiger partial charge on any atom is 0.101 e. The van der Waals surface area contributed by atoms with Crippen LogP contribution in [0.2, 0.25) is 0 Å². The summed E-state index contributed by atoms with van der Waals surface area (Å²) < 4.78 is 0. The Morgan fingerprint density at radius 2 is 2.19 bits per heavy atom. The Balaban J connectivity index is 3.07. The summed E-state index contributed by atoms with van der Waals surface area (Å²) in [4.78, 5) is 2.20. The van der Waals surface area contributed by atoms with E-state index in [-0.39, 0.29) is 0 Å². The SMILES string of the molecule is CSCC(C)N(C)c1c(C)cccc1C#N. The summed E-state index contributed by atoms with van der Waals surface area (Å²) >= 11 is 1.83. The zero-order valence-electron chi connectivity index (χ0n) is 10.3. The Morgan fingerprint density at radius 1 is 1.50 bits per heavy atom. The summed E-state index contributed by atoms with van der Waals surface area (Å²) in [7, 11) is 2.06. The van der Waals surface area contributed by atoms with Gasteiger partial charge in [0.1, 0.15) is 6.07 Å². The van der Waals surface area contributed by atoms with E-state index in [1.807, 2.05) is 23.9 Å². The molecule has 0 saturated heterocycles. The second kappa shape index (κ2) is 5.81. The predicted octanol–water partition coefficient (Wildman–Crippen LogP) is 3.05. The number of thioether (sulfide) groups is 1. The van der Waals surface area contributed by atoms with Crippen molar-refractivity contribution >= 4 is 17.4 Å². The van der Waals surface area contributed by atoms with Crippen molar-refractivity contribution in [3.05, 3.63) is 29.3 Å². The van der Waals surface area contributed by atoms with E-state index in [1.54, 1.807) is 0 Å². The summed E-state index contributed by atoms with van der Waals surface area (Å²) in [6.07, 6.45) is 2.10. The first-order chi connectivity index (χ1) is 7.61. The molecule has 0 saturated carbocycles. The van der Waals surface area contributed by atoms with Gasteiger partial charge in [-0.05, 0) is 31.7 Å². The van der Waals surface area contributed by atoms with E-state index in [4.69, 9.17) is 5.26 Å². The lowest BCUT2D eigenvalue weighted by Gasteiger charge is -2.28. The molecule has 1 unspecified atom stereocenters. The molecule has 1 rings (SSSR count). The number of rotatable bonds is 4. The molecule has 3 heteroatoms. The minimum Gasteiger partial charge on any atom is -0.370 e. The standard InChI is InChI=1S/C13H18N2S/c1-10-6-5-7-12(8-14)13(10)15(3)11(2)9-16-4/h5-7,11H,9H2,1-4H3. The average molecular weight is 234 g/mol. The van der Waals surface area contributed by atoms with Crippen LogP contribution in [0.4, 0.5) is 5.69 Å². The van der Waals surface area contributed by atoms with Crippen LogP contribution in [0, 0.1) is 18.3 Å². The van der Waals surface area contributed by atoms with Gasteiger partial charge < -0.3 is 4.90 Å².